The lowest BCUT2D eigenvalue weighted by molar-refractivity contribution is 0.136. The van der Waals surface area contributed by atoms with Gasteiger partial charge in [0.05, 0.1) is 11.9 Å². The molecule has 6 nitrogen and oxygen atoms in total. The Labute approximate surface area is 157 Å². The van der Waals surface area contributed by atoms with Crippen molar-refractivity contribution in [2.75, 3.05) is 6.26 Å². The third-order valence-electron chi connectivity index (χ3n) is 5.67. The molecular formula is C18H22F2N4O2S. The zero-order valence-corrected chi connectivity index (χ0v) is 15.8. The molecule has 0 radical (unpaired) electrons. The van der Waals surface area contributed by atoms with Crippen molar-refractivity contribution in [3.05, 3.63) is 52.9 Å². The third kappa shape index (κ3) is 3.51. The van der Waals surface area contributed by atoms with Gasteiger partial charge in [-0.1, -0.05) is 0 Å². The number of hydrogen-bond acceptors (Lipinski definition) is 5. The maximum Gasteiger partial charge on any atom is 0.250 e. The van der Waals surface area contributed by atoms with Gasteiger partial charge in [-0.05, 0) is 43.0 Å². The van der Waals surface area contributed by atoms with E-state index in [1.54, 1.807) is 6.20 Å². The van der Waals surface area contributed by atoms with E-state index < -0.39 is 21.7 Å². The molecule has 0 saturated heterocycles. The van der Waals surface area contributed by atoms with Gasteiger partial charge in [-0.15, -0.1) is 0 Å². The van der Waals surface area contributed by atoms with Crippen LogP contribution in [0, 0.1) is 11.6 Å². The van der Waals surface area contributed by atoms with E-state index in [1.807, 2.05) is 0 Å². The molecule has 1 aromatic carbocycles. The second kappa shape index (κ2) is 6.65. The number of nitrogens with zero attached hydrogens (tertiary/aromatic N) is 3. The molecule has 2 heterocycles. The summed E-state index contributed by atoms with van der Waals surface area (Å²) >= 11 is 0. The molecule has 146 valence electrons. The predicted molar refractivity (Wildman–Crippen MR) is 96.4 cm³/mol. The summed E-state index contributed by atoms with van der Waals surface area (Å²) in [4.78, 5) is 2.24. The average molecular weight is 396 g/mol. The van der Waals surface area contributed by atoms with E-state index in [2.05, 4.69) is 10.00 Å². The van der Waals surface area contributed by atoms with Crippen molar-refractivity contribution < 1.29 is 17.2 Å². The summed E-state index contributed by atoms with van der Waals surface area (Å²) in [6.07, 6.45) is 4.88. The number of hydrogen-bond donors (Lipinski definition) is 1. The van der Waals surface area contributed by atoms with Crippen molar-refractivity contribution in [2.45, 2.75) is 50.4 Å². The van der Waals surface area contributed by atoms with Crippen LogP contribution in [-0.4, -0.2) is 40.8 Å². The summed E-state index contributed by atoms with van der Waals surface area (Å²) in [5.74, 6) is -1.06. The van der Waals surface area contributed by atoms with Crippen LogP contribution in [-0.2, 0) is 23.1 Å². The minimum atomic E-state index is -3.38. The van der Waals surface area contributed by atoms with Crippen LogP contribution in [0.5, 0.6) is 0 Å². The minimum Gasteiger partial charge on any atom is -0.327 e. The van der Waals surface area contributed by atoms with E-state index >= 15 is 0 Å². The van der Waals surface area contributed by atoms with Gasteiger partial charge in [-0.25, -0.2) is 17.2 Å². The van der Waals surface area contributed by atoms with Gasteiger partial charge in [0.25, 0.3) is 10.0 Å². The van der Waals surface area contributed by atoms with Gasteiger partial charge in [0, 0.05) is 42.9 Å². The Hall–Kier alpha value is -1.84. The fraction of sp³-hybridized carbons (Fsp3) is 0.500. The number of halogens is 2. The van der Waals surface area contributed by atoms with Crippen molar-refractivity contribution in [1.82, 2.24) is 14.1 Å². The van der Waals surface area contributed by atoms with Crippen LogP contribution in [0.25, 0.3) is 0 Å². The van der Waals surface area contributed by atoms with Crippen LogP contribution in [0.15, 0.2) is 24.4 Å². The molecule has 0 spiro atoms. The number of aromatic nitrogens is 2. The van der Waals surface area contributed by atoms with Gasteiger partial charge >= 0.3 is 0 Å². The lowest BCUT2D eigenvalue weighted by Crippen LogP contribution is -2.44. The molecule has 2 N–H and O–H groups in total. The molecule has 1 aliphatic heterocycles. The molecule has 27 heavy (non-hydrogen) atoms. The molecule has 1 fully saturated rings. The predicted octanol–water partition coefficient (Wildman–Crippen LogP) is 1.95. The van der Waals surface area contributed by atoms with Gasteiger partial charge in [0.15, 0.2) is 0 Å². The fourth-order valence-electron chi connectivity index (χ4n) is 4.28. The van der Waals surface area contributed by atoms with E-state index in [1.165, 1.54) is 6.07 Å². The van der Waals surface area contributed by atoms with Gasteiger partial charge in [-0.3, -0.25) is 4.90 Å². The van der Waals surface area contributed by atoms with E-state index in [0.717, 1.165) is 40.2 Å². The van der Waals surface area contributed by atoms with Crippen molar-refractivity contribution in [1.29, 1.82) is 0 Å². The number of rotatable bonds is 3. The Kier molecular flexibility index (Phi) is 4.56. The quantitative estimate of drug-likeness (QED) is 0.858. The fourth-order valence-corrected chi connectivity index (χ4v) is 4.84. The van der Waals surface area contributed by atoms with Gasteiger partial charge in [0.1, 0.15) is 11.6 Å². The van der Waals surface area contributed by atoms with Crippen LogP contribution in [0.4, 0.5) is 8.78 Å². The highest BCUT2D eigenvalue weighted by molar-refractivity contribution is 7.89. The smallest absolute Gasteiger partial charge is 0.250 e. The molecule has 0 bridgehead atoms. The lowest BCUT2D eigenvalue weighted by Gasteiger charge is -2.38. The van der Waals surface area contributed by atoms with E-state index in [-0.39, 0.29) is 18.0 Å². The van der Waals surface area contributed by atoms with Crippen molar-refractivity contribution in [3.8, 4) is 0 Å². The second-order valence-corrected chi connectivity index (χ2v) is 9.38. The molecule has 0 amide bonds. The monoisotopic (exact) mass is 396 g/mol. The van der Waals surface area contributed by atoms with Crippen molar-refractivity contribution in [2.24, 2.45) is 5.73 Å². The van der Waals surface area contributed by atoms with Crippen LogP contribution in [0.3, 0.4) is 0 Å². The summed E-state index contributed by atoms with van der Waals surface area (Å²) in [6.45, 7) is 1.20. The molecular weight excluding hydrogens is 374 g/mol. The Morgan fingerprint density at radius 3 is 2.67 bits per heavy atom. The standard InChI is InChI=1S/C18H22F2N4O2S/c1-27(25,26)24-9-11-8-23(10-18(11)22-24)13-3-4-14(17(21)7-13)15-6-12(19)2-5-16(15)20/h2,5-6,9,13-14,17H,3-4,7-8,10,21H2,1H3/t13-,14-,17-/m1/s1. The van der Waals surface area contributed by atoms with Gasteiger partial charge in [-0.2, -0.15) is 9.19 Å². The summed E-state index contributed by atoms with van der Waals surface area (Å²) in [7, 11) is -3.38. The highest BCUT2D eigenvalue weighted by Gasteiger charge is 2.36. The summed E-state index contributed by atoms with van der Waals surface area (Å²) in [5.41, 5.74) is 8.37. The normalized spacial score (nSPS) is 26.3. The molecule has 4 rings (SSSR count). The highest BCUT2D eigenvalue weighted by atomic mass is 32.2. The molecule has 9 heteroatoms. The van der Waals surface area contributed by atoms with Crippen molar-refractivity contribution in [3.63, 3.8) is 0 Å². The summed E-state index contributed by atoms with van der Waals surface area (Å²) < 4.78 is 51.8. The Balaban J connectivity index is 1.44. The van der Waals surface area contributed by atoms with E-state index in [9.17, 15) is 17.2 Å². The highest BCUT2D eigenvalue weighted by Crippen LogP contribution is 2.37. The van der Waals surface area contributed by atoms with E-state index in [4.69, 9.17) is 5.73 Å². The Bertz CT molecular complexity index is 952. The van der Waals surface area contributed by atoms with Crippen molar-refractivity contribution >= 4 is 10.0 Å². The number of fused-ring (bicyclic) bond motifs is 1. The van der Waals surface area contributed by atoms with Crippen LogP contribution < -0.4 is 5.73 Å². The molecule has 0 unspecified atom stereocenters. The lowest BCUT2D eigenvalue weighted by atomic mass is 9.77. The van der Waals surface area contributed by atoms with Crippen LogP contribution >= 0.6 is 0 Å². The summed E-state index contributed by atoms with van der Waals surface area (Å²) in [5, 5.41) is 4.17. The van der Waals surface area contributed by atoms with E-state index in [0.29, 0.717) is 31.5 Å². The number of benzene rings is 1. The molecule has 2 aromatic rings. The van der Waals surface area contributed by atoms with Gasteiger partial charge in [0.2, 0.25) is 0 Å². The maximum atomic E-state index is 14.1. The maximum absolute atomic E-state index is 14.1. The first-order chi connectivity index (χ1) is 12.7. The molecule has 1 aromatic heterocycles. The number of nitrogens with two attached hydrogens (primary N) is 1. The zero-order valence-electron chi connectivity index (χ0n) is 15.0. The van der Waals surface area contributed by atoms with Crippen LogP contribution in [0.2, 0.25) is 0 Å². The average Bonchev–Trinajstić information content (AvgIpc) is 3.16. The molecule has 2 aliphatic rings. The zero-order chi connectivity index (χ0) is 19.3. The Morgan fingerprint density at radius 2 is 2.00 bits per heavy atom. The second-order valence-electron chi connectivity index (χ2n) is 7.54. The molecule has 1 saturated carbocycles. The summed E-state index contributed by atoms with van der Waals surface area (Å²) in [6, 6.07) is 3.48. The first-order valence-corrected chi connectivity index (χ1v) is 10.8. The largest absolute Gasteiger partial charge is 0.327 e. The Morgan fingerprint density at radius 1 is 1.22 bits per heavy atom. The SMILES string of the molecule is CS(=O)(=O)n1cc2c(n1)CN([C@@H]1CC[C@H](c3cc(F)ccc3F)[C@H](N)C1)C2. The first kappa shape index (κ1) is 18.5. The topological polar surface area (TPSA) is 81.2 Å². The molecule has 1 aliphatic carbocycles. The molecule has 3 atom stereocenters. The van der Waals surface area contributed by atoms with Crippen LogP contribution in [0.1, 0.15) is 42.0 Å². The first-order valence-electron chi connectivity index (χ1n) is 8.95. The van der Waals surface area contributed by atoms with Gasteiger partial charge < -0.3 is 5.73 Å². The third-order valence-corrected chi connectivity index (χ3v) is 6.53. The minimum absolute atomic E-state index is 0.198.